The zero-order chi connectivity index (χ0) is 23.6. The molecule has 3 rings (SSSR count). The van der Waals surface area contributed by atoms with Gasteiger partial charge < -0.3 is 14.6 Å². The summed E-state index contributed by atoms with van der Waals surface area (Å²) in [7, 11) is 0. The molecule has 33 heavy (non-hydrogen) atoms. The zero-order valence-corrected chi connectivity index (χ0v) is 19.6. The maximum absolute atomic E-state index is 10.5. The average Bonchev–Trinajstić information content (AvgIpc) is 3.14. The van der Waals surface area contributed by atoms with Gasteiger partial charge in [-0.15, -0.1) is 6.42 Å². The number of aliphatic hydroxyl groups is 1. The first kappa shape index (κ1) is 24.5. The number of aryl methyl sites for hydroxylation is 1. The van der Waals surface area contributed by atoms with Crippen LogP contribution in [0.4, 0.5) is 0 Å². The van der Waals surface area contributed by atoms with Gasteiger partial charge in [0.1, 0.15) is 12.4 Å². The second-order valence-electron chi connectivity index (χ2n) is 8.09. The summed E-state index contributed by atoms with van der Waals surface area (Å²) in [5, 5.41) is 15.3. The van der Waals surface area contributed by atoms with Crippen LogP contribution in [0, 0.1) is 19.3 Å². The fourth-order valence-corrected chi connectivity index (χ4v) is 3.61. The van der Waals surface area contributed by atoms with E-state index in [1.54, 1.807) is 0 Å². The minimum absolute atomic E-state index is 0.193. The molecule has 3 aromatic rings. The van der Waals surface area contributed by atoms with Crippen LogP contribution < -0.4 is 4.74 Å². The molecule has 0 amide bonds. The maximum Gasteiger partial charge on any atom is 0.227 e. The van der Waals surface area contributed by atoms with E-state index in [1.807, 2.05) is 72.3 Å². The van der Waals surface area contributed by atoms with Gasteiger partial charge in [0.05, 0.1) is 29.7 Å². The van der Waals surface area contributed by atoms with Gasteiger partial charge in [0.25, 0.3) is 0 Å². The van der Waals surface area contributed by atoms with Crippen molar-refractivity contribution < 1.29 is 14.6 Å². The summed E-state index contributed by atoms with van der Waals surface area (Å²) in [4.78, 5) is 2.24. The summed E-state index contributed by atoms with van der Waals surface area (Å²) in [5.41, 5.74) is 2.80. The summed E-state index contributed by atoms with van der Waals surface area (Å²) in [5.74, 6) is 3.85. The Kier molecular flexibility index (Phi) is 9.08. The van der Waals surface area contributed by atoms with Gasteiger partial charge >= 0.3 is 0 Å². The molecule has 0 fully saturated rings. The van der Waals surface area contributed by atoms with Gasteiger partial charge in [0.15, 0.2) is 0 Å². The van der Waals surface area contributed by atoms with Crippen molar-refractivity contribution in [2.75, 3.05) is 19.8 Å². The number of aromatic nitrogens is 2. The molecule has 6 nitrogen and oxygen atoms in total. The third-order valence-electron chi connectivity index (χ3n) is 5.61. The van der Waals surface area contributed by atoms with Crippen LogP contribution in [0.25, 0.3) is 5.69 Å². The lowest BCUT2D eigenvalue weighted by Crippen LogP contribution is -2.40. The second kappa shape index (κ2) is 12.2. The van der Waals surface area contributed by atoms with Crippen LogP contribution >= 0.6 is 0 Å². The number of benzene rings is 2. The normalized spacial score (nSPS) is 13.0. The molecular weight excluding hydrogens is 414 g/mol. The van der Waals surface area contributed by atoms with Crippen LogP contribution in [0.15, 0.2) is 60.7 Å². The molecule has 0 aliphatic carbocycles. The highest BCUT2D eigenvalue weighted by Crippen LogP contribution is 2.32. The Hall–Kier alpha value is -3.11. The SMILES string of the molecule is C#CCOC[C@@H](O)CN(Cc1c(C)nn(-c2ccccc2)c1Oc1ccccc1)[C@@H](C)CC. The Morgan fingerprint density at radius 3 is 2.42 bits per heavy atom. The summed E-state index contributed by atoms with van der Waals surface area (Å²) < 4.78 is 13.6. The van der Waals surface area contributed by atoms with E-state index in [1.165, 1.54) is 0 Å². The van der Waals surface area contributed by atoms with Crippen LogP contribution in [-0.4, -0.2) is 51.7 Å². The molecule has 174 valence electrons. The molecule has 2 atom stereocenters. The molecule has 0 unspecified atom stereocenters. The number of nitrogens with zero attached hydrogens (tertiary/aromatic N) is 3. The smallest absolute Gasteiger partial charge is 0.227 e. The highest BCUT2D eigenvalue weighted by atomic mass is 16.5. The van der Waals surface area contributed by atoms with E-state index < -0.39 is 6.10 Å². The zero-order valence-electron chi connectivity index (χ0n) is 19.6. The molecule has 0 spiro atoms. The number of terminal acetylenes is 1. The molecule has 0 saturated carbocycles. The van der Waals surface area contributed by atoms with E-state index in [-0.39, 0.29) is 19.3 Å². The van der Waals surface area contributed by atoms with E-state index in [0.717, 1.165) is 29.1 Å². The first-order chi connectivity index (χ1) is 16.0. The Bertz CT molecular complexity index is 1030. The van der Waals surface area contributed by atoms with E-state index in [4.69, 9.17) is 21.0 Å². The van der Waals surface area contributed by atoms with Crippen LogP contribution in [0.5, 0.6) is 11.6 Å². The number of hydrogen-bond acceptors (Lipinski definition) is 5. The largest absolute Gasteiger partial charge is 0.439 e. The topological polar surface area (TPSA) is 59.8 Å². The number of ether oxygens (including phenoxy) is 2. The van der Waals surface area contributed by atoms with Crippen molar-refractivity contribution >= 4 is 0 Å². The molecule has 6 heteroatoms. The molecule has 2 aromatic carbocycles. The minimum Gasteiger partial charge on any atom is -0.439 e. The van der Waals surface area contributed by atoms with Crippen molar-refractivity contribution in [3.05, 3.63) is 71.9 Å². The molecule has 1 N–H and O–H groups in total. The summed E-state index contributed by atoms with van der Waals surface area (Å²) >= 11 is 0. The summed E-state index contributed by atoms with van der Waals surface area (Å²) in [6.45, 7) is 7.73. The maximum atomic E-state index is 10.5. The van der Waals surface area contributed by atoms with Crippen LogP contribution in [0.3, 0.4) is 0 Å². The number of para-hydroxylation sites is 2. The highest BCUT2D eigenvalue weighted by molar-refractivity contribution is 5.43. The predicted octanol–water partition coefficient (Wildman–Crippen LogP) is 4.58. The number of hydrogen-bond donors (Lipinski definition) is 1. The fourth-order valence-electron chi connectivity index (χ4n) is 3.61. The second-order valence-corrected chi connectivity index (χ2v) is 8.09. The molecule has 0 aliphatic heterocycles. The van der Waals surface area contributed by atoms with Crippen molar-refractivity contribution in [1.82, 2.24) is 14.7 Å². The molecule has 0 radical (unpaired) electrons. The average molecular weight is 448 g/mol. The third kappa shape index (κ3) is 6.69. The van der Waals surface area contributed by atoms with Gasteiger partial charge in [-0.3, -0.25) is 4.90 Å². The van der Waals surface area contributed by atoms with Crippen LogP contribution in [0.1, 0.15) is 31.5 Å². The van der Waals surface area contributed by atoms with Crippen molar-refractivity contribution in [3.63, 3.8) is 0 Å². The highest BCUT2D eigenvalue weighted by Gasteiger charge is 2.24. The Labute approximate surface area is 196 Å². The molecule has 0 saturated heterocycles. The quantitative estimate of drug-likeness (QED) is 0.325. The van der Waals surface area contributed by atoms with Gasteiger partial charge in [-0.2, -0.15) is 5.10 Å². The molecule has 0 bridgehead atoms. The van der Waals surface area contributed by atoms with Gasteiger partial charge in [0, 0.05) is 19.1 Å². The van der Waals surface area contributed by atoms with Gasteiger partial charge in [-0.1, -0.05) is 49.2 Å². The summed E-state index contributed by atoms with van der Waals surface area (Å²) in [6, 6.07) is 19.9. The Morgan fingerprint density at radius 2 is 1.79 bits per heavy atom. The Morgan fingerprint density at radius 1 is 1.12 bits per heavy atom. The Balaban J connectivity index is 1.94. The molecule has 1 aromatic heterocycles. The van der Waals surface area contributed by atoms with Crippen LogP contribution in [0.2, 0.25) is 0 Å². The van der Waals surface area contributed by atoms with E-state index >= 15 is 0 Å². The molecule has 1 heterocycles. The summed E-state index contributed by atoms with van der Waals surface area (Å²) in [6.07, 6.45) is 5.54. The van der Waals surface area contributed by atoms with Gasteiger partial charge in [-0.05, 0) is 44.5 Å². The number of rotatable bonds is 12. The number of aliphatic hydroxyl groups excluding tert-OH is 1. The van der Waals surface area contributed by atoms with E-state index in [2.05, 4.69) is 24.7 Å². The lowest BCUT2D eigenvalue weighted by molar-refractivity contribution is 0.0168. The standard InChI is InChI=1S/C27H33N3O3/c1-5-17-32-20-24(31)18-29(21(3)6-2)19-26-22(4)28-30(23-13-9-7-10-14-23)27(26)33-25-15-11-8-12-16-25/h1,7-16,21,24,31H,6,17-20H2,2-4H3/t21-,24-/m0/s1. The lowest BCUT2D eigenvalue weighted by atomic mass is 10.1. The minimum atomic E-state index is -0.643. The molecular formula is C27H33N3O3. The first-order valence-corrected chi connectivity index (χ1v) is 11.3. The first-order valence-electron chi connectivity index (χ1n) is 11.3. The van der Waals surface area contributed by atoms with Crippen molar-refractivity contribution in [3.8, 4) is 29.7 Å². The monoisotopic (exact) mass is 447 g/mol. The van der Waals surface area contributed by atoms with Gasteiger partial charge in [-0.25, -0.2) is 4.68 Å². The van der Waals surface area contributed by atoms with Gasteiger partial charge in [0.2, 0.25) is 5.88 Å². The fraction of sp³-hybridized carbons (Fsp3) is 0.370. The van der Waals surface area contributed by atoms with Crippen LogP contribution in [-0.2, 0) is 11.3 Å². The molecule has 0 aliphatic rings. The van der Waals surface area contributed by atoms with Crippen molar-refractivity contribution in [1.29, 1.82) is 0 Å². The van der Waals surface area contributed by atoms with Crippen molar-refractivity contribution in [2.24, 2.45) is 0 Å². The third-order valence-corrected chi connectivity index (χ3v) is 5.61. The van der Waals surface area contributed by atoms with Crippen molar-refractivity contribution in [2.45, 2.75) is 45.9 Å². The van der Waals surface area contributed by atoms with E-state index in [0.29, 0.717) is 19.0 Å². The lowest BCUT2D eigenvalue weighted by Gasteiger charge is -2.30. The van der Waals surface area contributed by atoms with E-state index in [9.17, 15) is 5.11 Å². The predicted molar refractivity (Wildman–Crippen MR) is 131 cm³/mol.